The smallest absolute Gasteiger partial charge is 0.654 e. The molecule has 1 saturated heterocycles. The van der Waals surface area contributed by atoms with E-state index >= 15 is 0 Å². The topological polar surface area (TPSA) is 233 Å². The summed E-state index contributed by atoms with van der Waals surface area (Å²) in [5.41, 5.74) is 0.368. The first-order valence-electron chi connectivity index (χ1n) is 5.86. The fourth-order valence-corrected chi connectivity index (χ4v) is 2.35. The zero-order chi connectivity index (χ0) is 13.1. The Morgan fingerprint density at radius 3 is 2.38 bits per heavy atom. The molecule has 0 bridgehead atoms. The van der Waals surface area contributed by atoms with Gasteiger partial charge in [-0.05, 0) is 6.42 Å². The number of aliphatic carboxylic acids is 2. The second kappa shape index (κ2) is 15.6. The normalized spacial score (nSPS) is 20.8. The van der Waals surface area contributed by atoms with E-state index in [1.165, 1.54) is 6.08 Å². The van der Waals surface area contributed by atoms with Crippen molar-refractivity contribution in [2.45, 2.75) is 18.9 Å². The van der Waals surface area contributed by atoms with Crippen LogP contribution in [0.4, 0.5) is 0 Å². The first kappa shape index (κ1) is 34.4. The number of nitrogens with one attached hydrogen (secondary N) is 1. The fourth-order valence-electron chi connectivity index (χ4n) is 2.35. The fraction of sp³-hybridized carbons (Fsp3) is 0.500. The maximum absolute atomic E-state index is 11.2. The molecule has 12 heteroatoms. The first-order valence-corrected chi connectivity index (χ1v) is 5.86. The number of carbonyl (C=O) groups excluding carboxylic acids is 1. The largest absolute Gasteiger partial charge is 2.00 e. The van der Waals surface area contributed by atoms with E-state index in [1.807, 2.05) is 0 Å². The summed E-state index contributed by atoms with van der Waals surface area (Å²) >= 11 is 0. The molecule has 0 saturated carbocycles. The van der Waals surface area contributed by atoms with Crippen LogP contribution >= 0.6 is 0 Å². The average Bonchev–Trinajstić information content (AvgIpc) is 2.38. The van der Waals surface area contributed by atoms with Crippen molar-refractivity contribution in [1.29, 1.82) is 0 Å². The summed E-state index contributed by atoms with van der Waals surface area (Å²) in [7, 11) is 0. The van der Waals surface area contributed by atoms with Crippen LogP contribution in [-0.2, 0) is 54.1 Å². The summed E-state index contributed by atoms with van der Waals surface area (Å²) < 4.78 is 0. The third-order valence-corrected chi connectivity index (χ3v) is 3.20. The van der Waals surface area contributed by atoms with Crippen LogP contribution in [0.3, 0.4) is 0 Å². The molecule has 0 aliphatic carbocycles. The Hall–Kier alpha value is -0.967. The van der Waals surface area contributed by atoms with Gasteiger partial charge < -0.3 is 47.5 Å². The summed E-state index contributed by atoms with van der Waals surface area (Å²) in [6, 6.07) is -0.617. The van der Waals surface area contributed by atoms with Gasteiger partial charge in [0.1, 0.15) is 0 Å². The van der Waals surface area contributed by atoms with Crippen molar-refractivity contribution in [3.63, 3.8) is 0 Å². The molecule has 0 spiro atoms. The van der Waals surface area contributed by atoms with Gasteiger partial charge in [0.25, 0.3) is 0 Å². The minimum Gasteiger partial charge on any atom is -0.654 e. The summed E-state index contributed by atoms with van der Waals surface area (Å²) in [4.78, 5) is 22.2. The van der Waals surface area contributed by atoms with Crippen LogP contribution in [0.25, 0.3) is 5.32 Å². The Bertz CT molecular complexity index is 445. The third kappa shape index (κ3) is 7.74. The number of piperidine rings is 1. The quantitative estimate of drug-likeness (QED) is 0.414. The van der Waals surface area contributed by atoms with Gasteiger partial charge in [-0.3, -0.25) is 4.79 Å². The number of hydrogen-bond donors (Lipinski definition) is 2. The van der Waals surface area contributed by atoms with Crippen molar-refractivity contribution in [2.24, 2.45) is 5.92 Å². The molecule has 2 radical (unpaired) electrons. The predicted octanol–water partition coefficient (Wildman–Crippen LogP) is -4.11. The molecule has 10 nitrogen and oxygen atoms in total. The van der Waals surface area contributed by atoms with E-state index < -0.39 is 23.9 Å². The van der Waals surface area contributed by atoms with E-state index in [0.29, 0.717) is 25.2 Å². The molecule has 2 aliphatic heterocycles. The molecule has 2 rings (SSSR count). The molecule has 2 atom stereocenters. The average molecular weight is 442 g/mol. The Morgan fingerprint density at radius 1 is 1.29 bits per heavy atom. The van der Waals surface area contributed by atoms with Crippen LogP contribution in [0.1, 0.15) is 12.8 Å². The van der Waals surface area contributed by atoms with Crippen LogP contribution in [0.5, 0.6) is 0 Å². The molecule has 146 valence electrons. The van der Waals surface area contributed by atoms with Crippen LogP contribution in [0.2, 0.25) is 0 Å². The SMILES string of the molecule is O.O.O=C([O-])C1=C(C2[N-]CCCC2C(=O)O)NCC=C1.[Co+2].[Co].[OH3+].[OH3+]. The van der Waals surface area contributed by atoms with Gasteiger partial charge in [0.2, 0.25) is 0 Å². The minimum absolute atomic E-state index is 0. The van der Waals surface area contributed by atoms with Crippen molar-refractivity contribution >= 4 is 11.9 Å². The second-order valence-corrected chi connectivity index (χ2v) is 4.34. The van der Waals surface area contributed by atoms with Gasteiger partial charge in [0, 0.05) is 40.5 Å². The maximum Gasteiger partial charge on any atom is 2.00 e. The van der Waals surface area contributed by atoms with Crippen molar-refractivity contribution in [2.75, 3.05) is 13.1 Å². The molecular weight excluding hydrogens is 418 g/mol. The number of carbonyl (C=O) groups is 2. The molecule has 2 heterocycles. The molecule has 0 aromatic heterocycles. The molecule has 0 aromatic carbocycles. The second-order valence-electron chi connectivity index (χ2n) is 4.34. The molecule has 1 fully saturated rings. The van der Waals surface area contributed by atoms with Gasteiger partial charge in [-0.1, -0.05) is 24.6 Å². The minimum atomic E-state index is -1.31. The van der Waals surface area contributed by atoms with Gasteiger partial charge in [-0.2, -0.15) is 0 Å². The van der Waals surface area contributed by atoms with Gasteiger partial charge in [0.15, 0.2) is 0 Å². The Morgan fingerprint density at radius 2 is 1.88 bits per heavy atom. The molecule has 2 aliphatic rings. The van der Waals surface area contributed by atoms with Crippen molar-refractivity contribution < 1.29 is 75.3 Å². The van der Waals surface area contributed by atoms with E-state index in [0.717, 1.165) is 6.42 Å². The van der Waals surface area contributed by atoms with Crippen LogP contribution in [0.15, 0.2) is 23.4 Å². The maximum atomic E-state index is 11.2. The van der Waals surface area contributed by atoms with E-state index in [9.17, 15) is 19.8 Å². The van der Waals surface area contributed by atoms with Gasteiger partial charge in [0.05, 0.1) is 5.97 Å². The van der Waals surface area contributed by atoms with Crippen LogP contribution in [0, 0.1) is 5.92 Å². The van der Waals surface area contributed by atoms with E-state index in [1.54, 1.807) is 6.08 Å². The first-order chi connectivity index (χ1) is 8.61. The van der Waals surface area contributed by atoms with Crippen molar-refractivity contribution in [3.8, 4) is 0 Å². The van der Waals surface area contributed by atoms with Crippen LogP contribution in [-0.4, -0.2) is 47.1 Å². The predicted molar refractivity (Wildman–Crippen MR) is 78.5 cm³/mol. The molecule has 0 amide bonds. The van der Waals surface area contributed by atoms with Crippen molar-refractivity contribution in [3.05, 3.63) is 28.7 Å². The standard InChI is InChI=1S/C12H15N2O4.2Co.4H2O/c15-11(16)7-3-1-5-13-9(7)10-8(12(17)18)4-2-6-14-10;;;;;;/h1,3,8,10,13H,2,4-6H2,(H,15,16)(H,17,18);;;4*1H2/q-1;;+2;;;;/p+1. The molecular formula is C12H24Co2N2O8+2. The van der Waals surface area contributed by atoms with Gasteiger partial charge in [-0.15, -0.1) is 6.54 Å². The zero-order valence-electron chi connectivity index (χ0n) is 12.6. The van der Waals surface area contributed by atoms with Gasteiger partial charge >= 0.3 is 22.7 Å². The van der Waals surface area contributed by atoms with Gasteiger partial charge in [-0.25, -0.2) is 0 Å². The number of carboxylic acids is 2. The zero-order valence-corrected chi connectivity index (χ0v) is 14.7. The number of dihydropyridines is 1. The third-order valence-electron chi connectivity index (χ3n) is 3.20. The Kier molecular flexibility index (Phi) is 22.3. The van der Waals surface area contributed by atoms with E-state index in [2.05, 4.69) is 10.6 Å². The molecule has 2 unspecified atom stereocenters. The monoisotopic (exact) mass is 442 g/mol. The van der Waals surface area contributed by atoms with E-state index in [4.69, 9.17) is 0 Å². The summed E-state index contributed by atoms with van der Waals surface area (Å²) in [5.74, 6) is -2.91. The molecule has 24 heavy (non-hydrogen) atoms. The summed E-state index contributed by atoms with van der Waals surface area (Å²) in [6.45, 7) is 1.04. The number of carboxylic acid groups (broad SMARTS) is 2. The number of nitrogens with zero attached hydrogens (tertiary/aromatic N) is 1. The van der Waals surface area contributed by atoms with Crippen LogP contribution < -0.4 is 10.4 Å². The molecule has 0 aromatic rings. The Balaban J connectivity index is -0.000000201. The van der Waals surface area contributed by atoms with Crippen molar-refractivity contribution in [1.82, 2.24) is 5.32 Å². The summed E-state index contributed by atoms with van der Waals surface area (Å²) in [5, 5.41) is 27.4. The number of rotatable bonds is 3. The number of hydrogen-bond acceptors (Lipinski definition) is 4. The van der Waals surface area contributed by atoms with E-state index in [-0.39, 0.29) is 61.0 Å². The Labute approximate surface area is 159 Å². The summed E-state index contributed by atoms with van der Waals surface area (Å²) in [6.07, 6.45) is 4.34. The molecule has 12 N–H and O–H groups in total.